The Kier molecular flexibility index (Phi) is 16.1. The van der Waals surface area contributed by atoms with Crippen molar-refractivity contribution in [3.05, 3.63) is 0 Å². The summed E-state index contributed by atoms with van der Waals surface area (Å²) in [6.45, 7) is 13.4. The van der Waals surface area contributed by atoms with Crippen LogP contribution in [0.4, 0.5) is 0 Å². The molecule has 15 heavy (non-hydrogen) atoms. The second-order valence-electron chi connectivity index (χ2n) is 3.96. The Bertz CT molecular complexity index is 92.7. The minimum Gasteiger partial charge on any atom is -0.306 e. The van der Waals surface area contributed by atoms with Gasteiger partial charge in [-0.05, 0) is 59.5 Å². The molecule has 0 fully saturated rings. The molecule has 0 aliphatic rings. The minimum absolute atomic E-state index is 1.23. The highest BCUT2D eigenvalue weighted by Gasteiger charge is 1.98. The normalized spacial score (nSPS) is 10.4. The van der Waals surface area contributed by atoms with Crippen LogP contribution in [0.1, 0.15) is 47.0 Å². The van der Waals surface area contributed by atoms with Gasteiger partial charge in [0.05, 0.1) is 0 Å². The highest BCUT2D eigenvalue weighted by molar-refractivity contribution is 4.54. The fourth-order valence-electron chi connectivity index (χ4n) is 1.60. The van der Waals surface area contributed by atoms with E-state index >= 15 is 0 Å². The predicted octanol–water partition coefficient (Wildman–Crippen LogP) is 3.09. The third-order valence-electron chi connectivity index (χ3n) is 2.29. The van der Waals surface area contributed by atoms with E-state index in [0.717, 1.165) is 0 Å². The fraction of sp³-hybridized carbons (Fsp3) is 1.00. The van der Waals surface area contributed by atoms with Gasteiger partial charge in [-0.2, -0.15) is 0 Å². The van der Waals surface area contributed by atoms with Crippen molar-refractivity contribution in [3.8, 4) is 0 Å². The Morgan fingerprint density at radius 3 is 1.27 bits per heavy atom. The highest BCUT2D eigenvalue weighted by Crippen LogP contribution is 1.93. The molecule has 0 radical (unpaired) electrons. The molecule has 2 nitrogen and oxygen atoms in total. The third-order valence-corrected chi connectivity index (χ3v) is 2.29. The molecular formula is C13H32N2. The molecule has 0 spiro atoms. The second-order valence-corrected chi connectivity index (χ2v) is 3.96. The molecule has 0 heterocycles. The molecule has 0 aromatic rings. The summed E-state index contributed by atoms with van der Waals surface area (Å²) in [5, 5.41) is 0. The van der Waals surface area contributed by atoms with E-state index in [1.807, 2.05) is 13.8 Å². The molecule has 0 amide bonds. The van der Waals surface area contributed by atoms with E-state index in [1.54, 1.807) is 0 Å². The molecule has 0 rings (SSSR count). The summed E-state index contributed by atoms with van der Waals surface area (Å²) >= 11 is 0. The monoisotopic (exact) mass is 216 g/mol. The van der Waals surface area contributed by atoms with Crippen LogP contribution >= 0.6 is 0 Å². The Morgan fingerprint density at radius 2 is 1.00 bits per heavy atom. The Labute approximate surface area is 97.6 Å². The molecule has 0 N–H and O–H groups in total. The Balaban J connectivity index is 0. The standard InChI is InChI=1S/C11H26N2.C2H6/c1-5-8-12(3)10-7-11-13(4)9-6-2;1-2/h5-11H2,1-4H3;1-2H3. The van der Waals surface area contributed by atoms with Gasteiger partial charge in [-0.15, -0.1) is 0 Å². The van der Waals surface area contributed by atoms with Crippen molar-refractivity contribution in [2.24, 2.45) is 0 Å². The zero-order valence-corrected chi connectivity index (χ0v) is 11.8. The summed E-state index contributed by atoms with van der Waals surface area (Å²) in [4.78, 5) is 4.83. The molecule has 0 aromatic heterocycles. The summed E-state index contributed by atoms with van der Waals surface area (Å²) in [7, 11) is 4.42. The molecule has 0 aliphatic heterocycles. The molecule has 0 saturated heterocycles. The number of nitrogens with zero attached hydrogens (tertiary/aromatic N) is 2. The molecule has 0 bridgehead atoms. The van der Waals surface area contributed by atoms with Gasteiger partial charge in [-0.25, -0.2) is 0 Å². The van der Waals surface area contributed by atoms with Crippen LogP contribution in [0.25, 0.3) is 0 Å². The van der Waals surface area contributed by atoms with Gasteiger partial charge < -0.3 is 9.80 Å². The first-order chi connectivity index (χ1) is 7.20. The maximum Gasteiger partial charge on any atom is -0.000960 e. The van der Waals surface area contributed by atoms with Gasteiger partial charge in [0.15, 0.2) is 0 Å². The molecule has 2 heteroatoms. The molecular weight excluding hydrogens is 184 g/mol. The zero-order chi connectivity index (χ0) is 12.1. The summed E-state index contributed by atoms with van der Waals surface area (Å²) in [5.74, 6) is 0. The number of rotatable bonds is 8. The van der Waals surface area contributed by atoms with Gasteiger partial charge >= 0.3 is 0 Å². The Hall–Kier alpha value is -0.0800. The predicted molar refractivity (Wildman–Crippen MR) is 71.5 cm³/mol. The smallest absolute Gasteiger partial charge is 0.000960 e. The van der Waals surface area contributed by atoms with Crippen molar-refractivity contribution >= 4 is 0 Å². The topological polar surface area (TPSA) is 6.48 Å². The van der Waals surface area contributed by atoms with Crippen LogP contribution in [0.15, 0.2) is 0 Å². The number of hydrogen-bond donors (Lipinski definition) is 0. The summed E-state index contributed by atoms with van der Waals surface area (Å²) in [5.41, 5.74) is 0. The van der Waals surface area contributed by atoms with Gasteiger partial charge in [0, 0.05) is 0 Å². The molecule has 0 saturated carbocycles. The molecule has 94 valence electrons. The maximum atomic E-state index is 2.42. The first kappa shape index (κ1) is 17.3. The van der Waals surface area contributed by atoms with Crippen molar-refractivity contribution in [1.29, 1.82) is 0 Å². The van der Waals surface area contributed by atoms with Crippen LogP contribution in [0.5, 0.6) is 0 Å². The van der Waals surface area contributed by atoms with Crippen molar-refractivity contribution in [1.82, 2.24) is 9.80 Å². The second kappa shape index (κ2) is 13.9. The van der Waals surface area contributed by atoms with Crippen molar-refractivity contribution < 1.29 is 0 Å². The largest absolute Gasteiger partial charge is 0.306 e. The number of hydrogen-bond acceptors (Lipinski definition) is 2. The van der Waals surface area contributed by atoms with Crippen LogP contribution in [-0.4, -0.2) is 50.1 Å². The van der Waals surface area contributed by atoms with E-state index in [2.05, 4.69) is 37.7 Å². The van der Waals surface area contributed by atoms with E-state index in [0.29, 0.717) is 0 Å². The lowest BCUT2D eigenvalue weighted by Crippen LogP contribution is -2.26. The third kappa shape index (κ3) is 13.9. The Morgan fingerprint density at radius 1 is 0.667 bits per heavy atom. The minimum atomic E-state index is 1.23. The zero-order valence-electron chi connectivity index (χ0n) is 11.8. The van der Waals surface area contributed by atoms with Gasteiger partial charge in [-0.3, -0.25) is 0 Å². The van der Waals surface area contributed by atoms with Gasteiger partial charge in [-0.1, -0.05) is 27.7 Å². The van der Waals surface area contributed by atoms with E-state index < -0.39 is 0 Å². The quantitative estimate of drug-likeness (QED) is 0.615. The molecule has 0 atom stereocenters. The molecule has 0 aromatic carbocycles. The van der Waals surface area contributed by atoms with Crippen LogP contribution in [-0.2, 0) is 0 Å². The van der Waals surface area contributed by atoms with Crippen LogP contribution < -0.4 is 0 Å². The van der Waals surface area contributed by atoms with Crippen molar-refractivity contribution in [2.45, 2.75) is 47.0 Å². The van der Waals surface area contributed by atoms with Crippen LogP contribution in [0, 0.1) is 0 Å². The summed E-state index contributed by atoms with van der Waals surface area (Å²) in [6.07, 6.45) is 3.83. The highest BCUT2D eigenvalue weighted by atomic mass is 15.1. The molecule has 0 aliphatic carbocycles. The lowest BCUT2D eigenvalue weighted by Gasteiger charge is -2.19. The van der Waals surface area contributed by atoms with E-state index in [4.69, 9.17) is 0 Å². The summed E-state index contributed by atoms with van der Waals surface area (Å²) in [6, 6.07) is 0. The van der Waals surface area contributed by atoms with Crippen molar-refractivity contribution in [3.63, 3.8) is 0 Å². The summed E-state index contributed by atoms with van der Waals surface area (Å²) < 4.78 is 0. The van der Waals surface area contributed by atoms with Crippen LogP contribution in [0.2, 0.25) is 0 Å². The fourth-order valence-corrected chi connectivity index (χ4v) is 1.60. The average Bonchev–Trinajstić information content (AvgIpc) is 2.21. The van der Waals surface area contributed by atoms with Crippen molar-refractivity contribution in [2.75, 3.05) is 40.3 Å². The maximum absolute atomic E-state index is 2.42. The van der Waals surface area contributed by atoms with Gasteiger partial charge in [0.1, 0.15) is 0 Å². The lowest BCUT2D eigenvalue weighted by molar-refractivity contribution is 0.279. The SMILES string of the molecule is CC.CCCN(C)CCCN(C)CCC. The van der Waals surface area contributed by atoms with E-state index in [-0.39, 0.29) is 0 Å². The van der Waals surface area contributed by atoms with E-state index in [9.17, 15) is 0 Å². The molecule has 0 unspecified atom stereocenters. The first-order valence-electron chi connectivity index (χ1n) is 6.57. The van der Waals surface area contributed by atoms with Gasteiger partial charge in [0.25, 0.3) is 0 Å². The van der Waals surface area contributed by atoms with Gasteiger partial charge in [0.2, 0.25) is 0 Å². The lowest BCUT2D eigenvalue weighted by atomic mass is 10.3. The van der Waals surface area contributed by atoms with E-state index in [1.165, 1.54) is 45.4 Å². The first-order valence-corrected chi connectivity index (χ1v) is 6.57. The van der Waals surface area contributed by atoms with Crippen LogP contribution in [0.3, 0.4) is 0 Å². The average molecular weight is 216 g/mol.